The van der Waals surface area contributed by atoms with Crippen LogP contribution in [0.15, 0.2) is 24.3 Å². The monoisotopic (exact) mass is 390 g/mol. The van der Waals surface area contributed by atoms with Crippen LogP contribution in [-0.2, 0) is 19.7 Å². The van der Waals surface area contributed by atoms with Crippen molar-refractivity contribution in [3.63, 3.8) is 0 Å². The maximum absolute atomic E-state index is 13.3. The van der Waals surface area contributed by atoms with E-state index in [1.54, 1.807) is 14.0 Å². The van der Waals surface area contributed by atoms with Gasteiger partial charge in [-0.25, -0.2) is 9.78 Å². The SMILES string of the molecule is COC(=O)c1nc(NC(=O)C2(c3ccc(OC)cc3)CCOCC2)sc1C. The van der Waals surface area contributed by atoms with Crippen molar-refractivity contribution in [1.29, 1.82) is 0 Å². The molecule has 1 aromatic heterocycles. The van der Waals surface area contributed by atoms with Gasteiger partial charge in [0.1, 0.15) is 5.75 Å². The minimum atomic E-state index is -0.713. The highest BCUT2D eigenvalue weighted by molar-refractivity contribution is 7.16. The predicted octanol–water partition coefficient (Wildman–Crippen LogP) is 2.93. The Labute approximate surface area is 161 Å². The third-order valence-corrected chi connectivity index (χ3v) is 5.71. The van der Waals surface area contributed by atoms with Crippen molar-refractivity contribution in [1.82, 2.24) is 4.98 Å². The first-order valence-corrected chi connectivity index (χ1v) is 9.41. The number of amides is 1. The molecule has 3 rings (SSSR count). The smallest absolute Gasteiger partial charge is 0.357 e. The highest BCUT2D eigenvalue weighted by atomic mass is 32.1. The normalized spacial score (nSPS) is 15.8. The molecule has 1 N–H and O–H groups in total. The van der Waals surface area contributed by atoms with Crippen molar-refractivity contribution in [2.24, 2.45) is 0 Å². The van der Waals surface area contributed by atoms with Crippen LogP contribution < -0.4 is 10.1 Å². The van der Waals surface area contributed by atoms with Gasteiger partial charge in [0.2, 0.25) is 5.91 Å². The topological polar surface area (TPSA) is 86.8 Å². The van der Waals surface area contributed by atoms with Crippen molar-refractivity contribution in [3.05, 3.63) is 40.4 Å². The van der Waals surface area contributed by atoms with Crippen molar-refractivity contribution >= 4 is 28.3 Å². The zero-order valence-electron chi connectivity index (χ0n) is 15.5. The molecule has 2 aromatic rings. The molecule has 0 aliphatic carbocycles. The lowest BCUT2D eigenvalue weighted by Gasteiger charge is -2.36. The molecule has 1 amide bonds. The molecule has 1 aliphatic heterocycles. The lowest BCUT2D eigenvalue weighted by molar-refractivity contribution is -0.125. The number of nitrogens with one attached hydrogen (secondary N) is 1. The second-order valence-electron chi connectivity index (χ2n) is 6.29. The van der Waals surface area contributed by atoms with Gasteiger partial charge in [-0.15, -0.1) is 11.3 Å². The predicted molar refractivity (Wildman–Crippen MR) is 102 cm³/mol. The van der Waals surface area contributed by atoms with E-state index in [9.17, 15) is 9.59 Å². The molecule has 1 saturated heterocycles. The molecule has 1 aromatic carbocycles. The highest BCUT2D eigenvalue weighted by Gasteiger charge is 2.42. The first-order valence-electron chi connectivity index (χ1n) is 8.59. The summed E-state index contributed by atoms with van der Waals surface area (Å²) < 4.78 is 15.4. The van der Waals surface area contributed by atoms with Crippen LogP contribution in [0, 0.1) is 6.92 Å². The summed E-state index contributed by atoms with van der Waals surface area (Å²) in [5.41, 5.74) is 0.420. The molecular weight excluding hydrogens is 368 g/mol. The molecule has 0 spiro atoms. The summed E-state index contributed by atoms with van der Waals surface area (Å²) in [6.45, 7) is 2.78. The molecule has 1 aliphatic rings. The molecule has 0 saturated carbocycles. The number of esters is 1. The number of hydrogen-bond acceptors (Lipinski definition) is 7. The number of carbonyl (C=O) groups excluding carboxylic acids is 2. The van der Waals surface area contributed by atoms with E-state index in [0.717, 1.165) is 11.3 Å². The molecule has 27 heavy (non-hydrogen) atoms. The Bertz CT molecular complexity index is 825. The molecule has 0 atom stereocenters. The van der Waals surface area contributed by atoms with Gasteiger partial charge in [-0.1, -0.05) is 12.1 Å². The minimum Gasteiger partial charge on any atom is -0.497 e. The van der Waals surface area contributed by atoms with Crippen LogP contribution in [0.2, 0.25) is 0 Å². The van der Waals surface area contributed by atoms with Crippen molar-refractivity contribution in [3.8, 4) is 5.75 Å². The van der Waals surface area contributed by atoms with E-state index < -0.39 is 11.4 Å². The third kappa shape index (κ3) is 3.81. The molecule has 1 fully saturated rings. The Morgan fingerprint density at radius 3 is 2.44 bits per heavy atom. The zero-order valence-corrected chi connectivity index (χ0v) is 16.4. The van der Waals surface area contributed by atoms with Gasteiger partial charge >= 0.3 is 5.97 Å². The van der Waals surface area contributed by atoms with E-state index in [2.05, 4.69) is 10.3 Å². The molecule has 144 valence electrons. The molecular formula is C19H22N2O5S. The number of nitrogens with zero attached hydrogens (tertiary/aromatic N) is 1. The van der Waals surface area contributed by atoms with Crippen molar-refractivity contribution in [2.75, 3.05) is 32.8 Å². The van der Waals surface area contributed by atoms with Gasteiger partial charge in [-0.2, -0.15) is 0 Å². The Hall–Kier alpha value is -2.45. The molecule has 0 radical (unpaired) electrons. The number of aromatic nitrogens is 1. The van der Waals surface area contributed by atoms with Crippen LogP contribution in [0.4, 0.5) is 5.13 Å². The van der Waals surface area contributed by atoms with Crippen LogP contribution in [0.5, 0.6) is 5.75 Å². The van der Waals surface area contributed by atoms with E-state index in [0.29, 0.717) is 36.1 Å². The maximum atomic E-state index is 13.3. The van der Waals surface area contributed by atoms with Crippen LogP contribution in [0.1, 0.15) is 33.8 Å². The number of aryl methyl sites for hydroxylation is 1. The Balaban J connectivity index is 1.89. The number of rotatable bonds is 5. The van der Waals surface area contributed by atoms with Crippen LogP contribution in [-0.4, -0.2) is 44.3 Å². The maximum Gasteiger partial charge on any atom is 0.357 e. The average molecular weight is 390 g/mol. The van der Waals surface area contributed by atoms with Gasteiger partial charge in [-0.05, 0) is 37.5 Å². The lowest BCUT2D eigenvalue weighted by Crippen LogP contribution is -2.44. The van der Waals surface area contributed by atoms with E-state index in [1.165, 1.54) is 18.4 Å². The standard InChI is InChI=1S/C19H22N2O5S/c1-12-15(16(22)25-3)20-18(27-12)21-17(23)19(8-10-26-11-9-19)13-4-6-14(24-2)7-5-13/h4-7H,8-11H2,1-3H3,(H,20,21,23). The fourth-order valence-electron chi connectivity index (χ4n) is 3.23. The van der Waals surface area contributed by atoms with Gasteiger partial charge in [0.05, 0.1) is 19.6 Å². The van der Waals surface area contributed by atoms with E-state index >= 15 is 0 Å². The Morgan fingerprint density at radius 2 is 1.85 bits per heavy atom. The first kappa shape index (κ1) is 19.3. The first-order chi connectivity index (χ1) is 13.0. The number of anilines is 1. The van der Waals surface area contributed by atoms with Crippen LogP contribution >= 0.6 is 11.3 Å². The van der Waals surface area contributed by atoms with Crippen LogP contribution in [0.3, 0.4) is 0 Å². The summed E-state index contributed by atoms with van der Waals surface area (Å²) >= 11 is 1.26. The fourth-order valence-corrected chi connectivity index (χ4v) is 4.03. The summed E-state index contributed by atoms with van der Waals surface area (Å²) in [5.74, 6) is 0.0703. The lowest BCUT2D eigenvalue weighted by atomic mass is 9.73. The van der Waals surface area contributed by atoms with Gasteiger partial charge in [0, 0.05) is 18.1 Å². The second-order valence-corrected chi connectivity index (χ2v) is 7.50. The molecule has 0 unspecified atom stereocenters. The van der Waals surface area contributed by atoms with E-state index in [1.807, 2.05) is 24.3 Å². The summed E-state index contributed by atoms with van der Waals surface area (Å²) in [6.07, 6.45) is 1.14. The van der Waals surface area contributed by atoms with Crippen molar-refractivity contribution < 1.29 is 23.8 Å². The summed E-state index contributed by atoms with van der Waals surface area (Å²) in [7, 11) is 2.91. The fraction of sp³-hybridized carbons (Fsp3) is 0.421. The van der Waals surface area contributed by atoms with Gasteiger partial charge in [0.25, 0.3) is 0 Å². The summed E-state index contributed by atoms with van der Waals surface area (Å²) in [4.78, 5) is 29.9. The zero-order chi connectivity index (χ0) is 19.4. The van der Waals surface area contributed by atoms with E-state index in [4.69, 9.17) is 14.2 Å². The summed E-state index contributed by atoms with van der Waals surface area (Å²) in [5, 5.41) is 3.28. The third-order valence-electron chi connectivity index (χ3n) is 4.82. The van der Waals surface area contributed by atoms with E-state index in [-0.39, 0.29) is 11.6 Å². The van der Waals surface area contributed by atoms with Gasteiger partial charge in [-0.3, -0.25) is 4.79 Å². The van der Waals surface area contributed by atoms with Gasteiger partial charge < -0.3 is 19.5 Å². The Morgan fingerprint density at radius 1 is 1.19 bits per heavy atom. The van der Waals surface area contributed by atoms with Gasteiger partial charge in [0.15, 0.2) is 10.8 Å². The minimum absolute atomic E-state index is 0.152. The molecule has 8 heteroatoms. The van der Waals surface area contributed by atoms with Crippen molar-refractivity contribution in [2.45, 2.75) is 25.2 Å². The number of ether oxygens (including phenoxy) is 3. The van der Waals surface area contributed by atoms with Crippen LogP contribution in [0.25, 0.3) is 0 Å². The molecule has 7 nitrogen and oxygen atoms in total. The number of carbonyl (C=O) groups is 2. The number of methoxy groups -OCH3 is 2. The number of thiazole rings is 1. The number of benzene rings is 1. The Kier molecular flexibility index (Phi) is 5.76. The highest BCUT2D eigenvalue weighted by Crippen LogP contribution is 2.37. The molecule has 0 bridgehead atoms. The largest absolute Gasteiger partial charge is 0.497 e. The summed E-state index contributed by atoms with van der Waals surface area (Å²) in [6, 6.07) is 7.53. The molecule has 2 heterocycles. The number of hydrogen-bond donors (Lipinski definition) is 1. The second kappa shape index (κ2) is 8.06. The quantitative estimate of drug-likeness (QED) is 0.790. The average Bonchev–Trinajstić information content (AvgIpc) is 3.08.